The summed E-state index contributed by atoms with van der Waals surface area (Å²) in [5.41, 5.74) is 3.25. The lowest BCUT2D eigenvalue weighted by Crippen LogP contribution is -2.31. The first-order valence-corrected chi connectivity index (χ1v) is 13.3. The molecule has 0 radical (unpaired) electrons. The van der Waals surface area contributed by atoms with E-state index in [1.54, 1.807) is 18.2 Å². The quantitative estimate of drug-likeness (QED) is 0.125. The molecular weight excluding hydrogens is 558 g/mol. The molecule has 220 valence electrons. The van der Waals surface area contributed by atoms with Gasteiger partial charge in [0, 0.05) is 24.8 Å². The molecule has 1 aromatic heterocycles. The molecule has 43 heavy (non-hydrogen) atoms. The Bertz CT molecular complexity index is 1650. The van der Waals surface area contributed by atoms with Crippen LogP contribution in [0.25, 0.3) is 0 Å². The van der Waals surface area contributed by atoms with Crippen molar-refractivity contribution in [3.63, 3.8) is 0 Å². The zero-order valence-electron chi connectivity index (χ0n) is 23.0. The zero-order chi connectivity index (χ0) is 30.2. The fourth-order valence-corrected chi connectivity index (χ4v) is 4.34. The van der Waals surface area contributed by atoms with Crippen LogP contribution in [0.1, 0.15) is 24.8 Å². The predicted molar refractivity (Wildman–Crippen MR) is 160 cm³/mol. The van der Waals surface area contributed by atoms with Crippen LogP contribution in [0.4, 0.5) is 34.9 Å². The number of methoxy groups -OCH3 is 1. The molecule has 0 atom stereocenters. The molecule has 0 aliphatic carbocycles. The van der Waals surface area contributed by atoms with Crippen LogP contribution in [0.2, 0.25) is 0 Å². The minimum Gasteiger partial charge on any atom is -0.493 e. The highest BCUT2D eigenvalue weighted by Gasteiger charge is 2.22. The van der Waals surface area contributed by atoms with Crippen LogP contribution in [0.15, 0.2) is 71.8 Å². The van der Waals surface area contributed by atoms with E-state index >= 15 is 0 Å². The van der Waals surface area contributed by atoms with Gasteiger partial charge in [0.15, 0.2) is 11.5 Å². The van der Waals surface area contributed by atoms with E-state index in [2.05, 4.69) is 35.7 Å². The summed E-state index contributed by atoms with van der Waals surface area (Å²) in [6, 6.07) is 17.5. The van der Waals surface area contributed by atoms with Crippen LogP contribution in [0.5, 0.6) is 17.2 Å². The van der Waals surface area contributed by atoms with Crippen LogP contribution in [0, 0.1) is 20.2 Å². The number of aromatic nitrogens is 3. The number of para-hydroxylation sites is 1. The van der Waals surface area contributed by atoms with Crippen molar-refractivity contribution in [2.75, 3.05) is 35.8 Å². The van der Waals surface area contributed by atoms with Crippen molar-refractivity contribution < 1.29 is 19.3 Å². The maximum atomic E-state index is 11.6. The van der Waals surface area contributed by atoms with Crippen LogP contribution >= 0.6 is 0 Å². The molecule has 0 spiro atoms. The van der Waals surface area contributed by atoms with E-state index in [4.69, 9.17) is 9.47 Å². The number of anilines is 4. The highest BCUT2D eigenvalue weighted by atomic mass is 16.6. The summed E-state index contributed by atoms with van der Waals surface area (Å²) in [6.07, 6.45) is 4.76. The summed E-state index contributed by atoms with van der Waals surface area (Å²) in [7, 11) is 1.42. The molecule has 1 aliphatic heterocycles. The van der Waals surface area contributed by atoms with Gasteiger partial charge in [-0.3, -0.25) is 20.2 Å². The lowest BCUT2D eigenvalue weighted by molar-refractivity contribution is -0.394. The number of nitro groups is 2. The minimum absolute atomic E-state index is 0.144. The van der Waals surface area contributed by atoms with Crippen molar-refractivity contribution in [1.82, 2.24) is 15.0 Å². The van der Waals surface area contributed by atoms with Crippen molar-refractivity contribution in [2.24, 2.45) is 5.10 Å². The van der Waals surface area contributed by atoms with E-state index in [0.29, 0.717) is 17.5 Å². The van der Waals surface area contributed by atoms with Crippen molar-refractivity contribution in [3.05, 3.63) is 92.5 Å². The van der Waals surface area contributed by atoms with Crippen molar-refractivity contribution in [1.29, 1.82) is 0 Å². The first-order valence-electron chi connectivity index (χ1n) is 13.3. The summed E-state index contributed by atoms with van der Waals surface area (Å²) >= 11 is 0. The fourth-order valence-electron chi connectivity index (χ4n) is 4.34. The lowest BCUT2D eigenvalue weighted by atomic mass is 10.1. The minimum atomic E-state index is -0.752. The maximum absolute atomic E-state index is 11.6. The van der Waals surface area contributed by atoms with Gasteiger partial charge in [-0.2, -0.15) is 20.1 Å². The van der Waals surface area contributed by atoms with Gasteiger partial charge in [0.25, 0.3) is 5.69 Å². The number of ether oxygens (including phenoxy) is 2. The Kier molecular flexibility index (Phi) is 8.80. The van der Waals surface area contributed by atoms with Gasteiger partial charge in [0.05, 0.1) is 29.2 Å². The highest BCUT2D eigenvalue weighted by molar-refractivity contribution is 5.81. The van der Waals surface area contributed by atoms with E-state index in [-0.39, 0.29) is 23.2 Å². The molecule has 3 aromatic carbocycles. The first-order chi connectivity index (χ1) is 20.9. The van der Waals surface area contributed by atoms with Crippen molar-refractivity contribution in [3.8, 4) is 17.2 Å². The number of hydrazone groups is 1. The van der Waals surface area contributed by atoms with Crippen LogP contribution in [-0.2, 0) is 0 Å². The average Bonchev–Trinajstić information content (AvgIpc) is 3.02. The fraction of sp³-hybridized carbons (Fsp3) is 0.214. The summed E-state index contributed by atoms with van der Waals surface area (Å²) in [5, 5.41) is 30.1. The van der Waals surface area contributed by atoms with Crippen molar-refractivity contribution in [2.45, 2.75) is 19.3 Å². The van der Waals surface area contributed by atoms with Gasteiger partial charge in [-0.1, -0.05) is 18.2 Å². The molecule has 15 nitrogen and oxygen atoms in total. The molecule has 1 aliphatic rings. The monoisotopic (exact) mass is 585 g/mol. The van der Waals surface area contributed by atoms with Crippen LogP contribution < -0.4 is 25.1 Å². The molecule has 2 N–H and O–H groups in total. The molecule has 0 unspecified atom stereocenters. The Balaban J connectivity index is 1.37. The molecule has 15 heteroatoms. The maximum Gasteiger partial charge on any atom is 0.318 e. The standard InChI is InChI=1S/C28H27N9O6/c1-42-24-12-10-19(16-25(24)43-23-13-11-21(36(38)39)17-22(23)37(40)41)18-29-34-27-31-26(30-20-8-4-2-5-9-20)32-28(33-27)35-14-6-3-7-15-35/h2,4-5,8-13,16-18H,3,6-7,14-15H2,1H3,(H2,30,31,32,33,34)/b29-18-. The third-order valence-electron chi connectivity index (χ3n) is 6.43. The third-order valence-corrected chi connectivity index (χ3v) is 6.43. The number of hydrogen-bond acceptors (Lipinski definition) is 13. The Morgan fingerprint density at radius 3 is 2.33 bits per heavy atom. The Morgan fingerprint density at radius 2 is 1.60 bits per heavy atom. The predicted octanol–water partition coefficient (Wildman–Crippen LogP) is 5.67. The van der Waals surface area contributed by atoms with Crippen LogP contribution in [-0.4, -0.2) is 51.2 Å². The second kappa shape index (κ2) is 13.2. The Labute approximate surface area is 245 Å². The normalized spacial score (nSPS) is 13.0. The molecule has 0 saturated carbocycles. The van der Waals surface area contributed by atoms with Gasteiger partial charge in [-0.15, -0.1) is 0 Å². The number of nitro benzene ring substituents is 2. The second-order valence-electron chi connectivity index (χ2n) is 9.37. The van der Waals surface area contributed by atoms with E-state index in [1.165, 1.54) is 19.4 Å². The molecule has 1 saturated heterocycles. The number of non-ortho nitro benzene ring substituents is 1. The highest BCUT2D eigenvalue weighted by Crippen LogP contribution is 2.38. The van der Waals surface area contributed by atoms with E-state index < -0.39 is 21.2 Å². The Hall–Kier alpha value is -5.86. The third kappa shape index (κ3) is 7.27. The molecule has 1 fully saturated rings. The van der Waals surface area contributed by atoms with Gasteiger partial charge in [-0.05, 0) is 61.2 Å². The van der Waals surface area contributed by atoms with Crippen LogP contribution in [0.3, 0.4) is 0 Å². The topological polar surface area (TPSA) is 183 Å². The van der Waals surface area contributed by atoms with E-state index in [1.807, 2.05) is 30.3 Å². The van der Waals surface area contributed by atoms with Gasteiger partial charge >= 0.3 is 5.69 Å². The average molecular weight is 586 g/mol. The Morgan fingerprint density at radius 1 is 0.860 bits per heavy atom. The number of benzene rings is 3. The van der Waals surface area contributed by atoms with E-state index in [9.17, 15) is 20.2 Å². The number of rotatable bonds is 11. The largest absolute Gasteiger partial charge is 0.493 e. The molecule has 0 bridgehead atoms. The smallest absolute Gasteiger partial charge is 0.318 e. The van der Waals surface area contributed by atoms with Gasteiger partial charge in [0.2, 0.25) is 23.6 Å². The first kappa shape index (κ1) is 28.7. The van der Waals surface area contributed by atoms with Gasteiger partial charge in [-0.25, -0.2) is 5.43 Å². The van der Waals surface area contributed by atoms with Gasteiger partial charge < -0.3 is 19.7 Å². The molecule has 0 amide bonds. The zero-order valence-corrected chi connectivity index (χ0v) is 23.0. The molecular formula is C28H27N9O6. The number of nitrogens with zero attached hydrogens (tertiary/aromatic N) is 7. The molecule has 2 heterocycles. The van der Waals surface area contributed by atoms with Crippen molar-refractivity contribution >= 4 is 41.1 Å². The number of piperidine rings is 1. The number of hydrogen-bond donors (Lipinski definition) is 2. The lowest BCUT2D eigenvalue weighted by Gasteiger charge is -2.26. The summed E-state index contributed by atoms with van der Waals surface area (Å²) < 4.78 is 11.1. The van der Waals surface area contributed by atoms with Gasteiger partial charge in [0.1, 0.15) is 0 Å². The molecule has 5 rings (SSSR count). The summed E-state index contributed by atoms with van der Waals surface area (Å²) in [6.45, 7) is 1.69. The number of nitrogens with one attached hydrogen (secondary N) is 2. The molecule has 4 aromatic rings. The summed E-state index contributed by atoms with van der Waals surface area (Å²) in [5.74, 6) is 1.38. The SMILES string of the molecule is COc1ccc(/C=N\Nc2nc(Nc3ccccc3)nc(N3CCCCC3)n2)cc1Oc1ccc([N+](=O)[O-])cc1[N+](=O)[O-]. The summed E-state index contributed by atoms with van der Waals surface area (Å²) in [4.78, 5) is 36.9. The second-order valence-corrected chi connectivity index (χ2v) is 9.37. The van der Waals surface area contributed by atoms with E-state index in [0.717, 1.165) is 50.2 Å².